The van der Waals surface area contributed by atoms with Crippen LogP contribution in [0.4, 0.5) is 5.95 Å². The lowest BCUT2D eigenvalue weighted by Gasteiger charge is -2.07. The molecular formula is C15H14N6O3S2. The maximum Gasteiger partial charge on any atom is 0.265 e. The summed E-state index contributed by atoms with van der Waals surface area (Å²) in [5.41, 5.74) is 0.496. The number of aromatic nitrogens is 4. The lowest BCUT2D eigenvalue weighted by Crippen LogP contribution is -2.17. The zero-order valence-electron chi connectivity index (χ0n) is 13.8. The Morgan fingerprint density at radius 3 is 2.69 bits per heavy atom. The molecule has 1 amide bonds. The van der Waals surface area contributed by atoms with Crippen LogP contribution in [0.3, 0.4) is 0 Å². The molecule has 9 nitrogen and oxygen atoms in total. The van der Waals surface area contributed by atoms with Crippen molar-refractivity contribution in [2.24, 2.45) is 0 Å². The molecule has 2 N–H and O–H groups in total. The van der Waals surface area contributed by atoms with Crippen LogP contribution < -0.4 is 10.0 Å². The van der Waals surface area contributed by atoms with Crippen molar-refractivity contribution in [3.63, 3.8) is 0 Å². The smallest absolute Gasteiger partial charge is 0.265 e. The molecule has 11 heteroatoms. The third-order valence-corrected chi connectivity index (χ3v) is 5.59. The van der Waals surface area contributed by atoms with E-state index in [-0.39, 0.29) is 27.5 Å². The average molecular weight is 390 g/mol. The molecule has 0 bridgehead atoms. The minimum absolute atomic E-state index is 0.0430. The highest BCUT2D eigenvalue weighted by Gasteiger charge is 2.20. The Kier molecular flexibility index (Phi) is 4.91. The molecule has 0 aliphatic rings. The number of sulfonamides is 1. The molecule has 26 heavy (non-hydrogen) atoms. The minimum atomic E-state index is -3.94. The highest BCUT2D eigenvalue weighted by atomic mass is 32.2. The first-order valence-corrected chi connectivity index (χ1v) is 9.73. The number of hydrogen-bond donors (Lipinski definition) is 2. The predicted molar refractivity (Wildman–Crippen MR) is 96.3 cm³/mol. The van der Waals surface area contributed by atoms with Crippen LogP contribution in [0.25, 0.3) is 11.5 Å². The van der Waals surface area contributed by atoms with Gasteiger partial charge >= 0.3 is 0 Å². The number of nitrogens with one attached hydrogen (secondary N) is 2. The number of rotatable bonds is 5. The van der Waals surface area contributed by atoms with E-state index < -0.39 is 10.0 Å². The molecule has 3 rings (SSSR count). The standard InChI is InChI=1S/C15H14N6O3S2/c1-9-18-13(11-5-3-4-6-17-11)20-15(19-9)21-26(23,24)10-7-12(25-8-10)14(22)16-2/h3-8H,1-2H3,(H,16,22)(H,18,19,20,21). The predicted octanol–water partition coefficient (Wildman–Crippen LogP) is 1.46. The van der Waals surface area contributed by atoms with E-state index >= 15 is 0 Å². The SMILES string of the molecule is CNC(=O)c1cc(S(=O)(=O)Nc2nc(C)nc(-c3ccccn3)n2)cs1. The van der Waals surface area contributed by atoms with Gasteiger partial charge in [0.25, 0.3) is 15.9 Å². The number of anilines is 1. The van der Waals surface area contributed by atoms with Crippen molar-refractivity contribution in [3.05, 3.63) is 46.5 Å². The Morgan fingerprint density at radius 1 is 1.19 bits per heavy atom. The third-order valence-electron chi connectivity index (χ3n) is 3.20. The van der Waals surface area contributed by atoms with E-state index in [4.69, 9.17) is 0 Å². The molecule has 0 atom stereocenters. The summed E-state index contributed by atoms with van der Waals surface area (Å²) < 4.78 is 27.4. The second kappa shape index (κ2) is 7.14. The molecule has 0 radical (unpaired) electrons. The molecule has 0 saturated heterocycles. The number of aryl methyl sites for hydroxylation is 1. The van der Waals surface area contributed by atoms with Gasteiger partial charge in [-0.2, -0.15) is 9.97 Å². The Bertz CT molecular complexity index is 1050. The molecule has 0 saturated carbocycles. The number of amides is 1. The van der Waals surface area contributed by atoms with Gasteiger partial charge in [0, 0.05) is 18.6 Å². The maximum atomic E-state index is 12.5. The molecule has 3 aromatic heterocycles. The Balaban J connectivity index is 1.91. The maximum absolute atomic E-state index is 12.5. The number of carbonyl (C=O) groups is 1. The summed E-state index contributed by atoms with van der Waals surface area (Å²) in [5.74, 6) is 0.123. The molecule has 0 fully saturated rings. The fourth-order valence-electron chi connectivity index (χ4n) is 2.02. The van der Waals surface area contributed by atoms with E-state index in [1.165, 1.54) is 18.5 Å². The van der Waals surface area contributed by atoms with Crippen LogP contribution in [-0.4, -0.2) is 41.3 Å². The number of pyridine rings is 1. The number of carbonyl (C=O) groups excluding carboxylic acids is 1. The Hall–Kier alpha value is -2.92. The normalized spacial score (nSPS) is 11.2. The largest absolute Gasteiger partial charge is 0.354 e. The lowest BCUT2D eigenvalue weighted by molar-refractivity contribution is 0.0967. The summed E-state index contributed by atoms with van der Waals surface area (Å²) in [4.78, 5) is 28.3. The van der Waals surface area contributed by atoms with Gasteiger partial charge in [-0.25, -0.2) is 18.1 Å². The van der Waals surface area contributed by atoms with Crippen molar-refractivity contribution >= 4 is 33.2 Å². The van der Waals surface area contributed by atoms with Gasteiger partial charge in [0.2, 0.25) is 5.95 Å². The van der Waals surface area contributed by atoms with Crippen molar-refractivity contribution in [3.8, 4) is 11.5 Å². The Morgan fingerprint density at radius 2 is 2.00 bits per heavy atom. The zero-order valence-corrected chi connectivity index (χ0v) is 15.4. The second-order valence-corrected chi connectivity index (χ2v) is 7.67. The van der Waals surface area contributed by atoms with Gasteiger partial charge in [0.1, 0.15) is 11.5 Å². The summed E-state index contributed by atoms with van der Waals surface area (Å²) in [6.45, 7) is 1.63. The van der Waals surface area contributed by atoms with Gasteiger partial charge in [-0.15, -0.1) is 11.3 Å². The first-order chi connectivity index (χ1) is 12.4. The van der Waals surface area contributed by atoms with Crippen LogP contribution in [0.15, 0.2) is 40.7 Å². The summed E-state index contributed by atoms with van der Waals surface area (Å²) in [7, 11) is -2.47. The fourth-order valence-corrected chi connectivity index (χ4v) is 4.18. The fraction of sp³-hybridized carbons (Fsp3) is 0.133. The van der Waals surface area contributed by atoms with Crippen LogP contribution in [0.5, 0.6) is 0 Å². The number of nitrogens with zero attached hydrogens (tertiary/aromatic N) is 4. The summed E-state index contributed by atoms with van der Waals surface area (Å²) >= 11 is 1.03. The summed E-state index contributed by atoms with van der Waals surface area (Å²) in [5, 5.41) is 3.82. The molecule has 0 spiro atoms. The summed E-state index contributed by atoms with van der Waals surface area (Å²) in [6.07, 6.45) is 1.59. The average Bonchev–Trinajstić information content (AvgIpc) is 3.12. The highest BCUT2D eigenvalue weighted by molar-refractivity contribution is 7.92. The van der Waals surface area contributed by atoms with Crippen molar-refractivity contribution in [1.29, 1.82) is 0 Å². The lowest BCUT2D eigenvalue weighted by atomic mass is 10.3. The first-order valence-electron chi connectivity index (χ1n) is 7.36. The molecule has 3 heterocycles. The van der Waals surface area contributed by atoms with E-state index in [0.717, 1.165) is 11.3 Å². The first kappa shape index (κ1) is 17.9. The monoisotopic (exact) mass is 390 g/mol. The van der Waals surface area contributed by atoms with E-state index in [0.29, 0.717) is 11.5 Å². The van der Waals surface area contributed by atoms with Crippen LogP contribution in [0.2, 0.25) is 0 Å². The molecule has 0 aliphatic heterocycles. The van der Waals surface area contributed by atoms with Crippen LogP contribution in [0, 0.1) is 6.92 Å². The van der Waals surface area contributed by atoms with Crippen LogP contribution >= 0.6 is 11.3 Å². The minimum Gasteiger partial charge on any atom is -0.354 e. The Labute approximate surface area is 153 Å². The van der Waals surface area contributed by atoms with E-state index in [1.807, 2.05) is 0 Å². The highest BCUT2D eigenvalue weighted by Crippen LogP contribution is 2.21. The molecule has 0 unspecified atom stereocenters. The van der Waals surface area contributed by atoms with Gasteiger partial charge in [0.15, 0.2) is 5.82 Å². The van der Waals surface area contributed by atoms with Gasteiger partial charge in [0.05, 0.1) is 9.77 Å². The molecule has 134 valence electrons. The zero-order chi connectivity index (χ0) is 18.7. The molecular weight excluding hydrogens is 376 g/mol. The number of hydrogen-bond acceptors (Lipinski definition) is 8. The topological polar surface area (TPSA) is 127 Å². The van der Waals surface area contributed by atoms with Gasteiger partial charge in [-0.05, 0) is 25.1 Å². The van der Waals surface area contributed by atoms with Gasteiger partial charge in [-0.3, -0.25) is 9.78 Å². The van der Waals surface area contributed by atoms with Crippen LogP contribution in [-0.2, 0) is 10.0 Å². The van der Waals surface area contributed by atoms with Crippen molar-refractivity contribution in [1.82, 2.24) is 25.3 Å². The molecule has 0 aromatic carbocycles. The van der Waals surface area contributed by atoms with Crippen molar-refractivity contribution < 1.29 is 13.2 Å². The van der Waals surface area contributed by atoms with Crippen LogP contribution in [0.1, 0.15) is 15.5 Å². The summed E-state index contributed by atoms with van der Waals surface area (Å²) in [6, 6.07) is 6.53. The quantitative estimate of drug-likeness (QED) is 0.675. The van der Waals surface area contributed by atoms with Crippen molar-refractivity contribution in [2.45, 2.75) is 11.8 Å². The second-order valence-electron chi connectivity index (χ2n) is 5.08. The van der Waals surface area contributed by atoms with Gasteiger partial charge < -0.3 is 5.32 Å². The molecule has 0 aliphatic carbocycles. The molecule has 3 aromatic rings. The van der Waals surface area contributed by atoms with Gasteiger partial charge in [-0.1, -0.05) is 6.07 Å². The van der Waals surface area contributed by atoms with E-state index in [1.54, 1.807) is 31.3 Å². The van der Waals surface area contributed by atoms with Crippen molar-refractivity contribution in [2.75, 3.05) is 11.8 Å². The van der Waals surface area contributed by atoms with E-state index in [2.05, 4.69) is 30.0 Å². The number of thiophene rings is 1. The third kappa shape index (κ3) is 3.83. The van der Waals surface area contributed by atoms with E-state index in [9.17, 15) is 13.2 Å².